The number of halogens is 2. The predicted octanol–water partition coefficient (Wildman–Crippen LogP) is 11.0. The average molecular weight is 902 g/mol. The molecule has 0 aliphatic heterocycles. The smallest absolute Gasteiger partial charge is 0.254 e. The largest absolute Gasteiger partial charge is 2.00 e. The molecule has 252 valence electrons. The van der Waals surface area contributed by atoms with E-state index < -0.39 is 0 Å². The Bertz CT molecular complexity index is 2820. The molecule has 11 rings (SSSR count). The van der Waals surface area contributed by atoms with Crippen LogP contribution in [0.2, 0.25) is 0 Å². The van der Waals surface area contributed by atoms with Crippen molar-refractivity contribution in [2.75, 3.05) is 0 Å². The number of fused-ring (bicyclic) bond motifs is 13. The number of hydrogen-bond donors (Lipinski definition) is 0. The molecule has 53 heavy (non-hydrogen) atoms. The Morgan fingerprint density at radius 3 is 0.887 bits per heavy atom. The van der Waals surface area contributed by atoms with Crippen molar-refractivity contribution >= 4 is 119 Å². The van der Waals surface area contributed by atoms with Gasteiger partial charge in [-0.3, -0.25) is 29.9 Å². The Morgan fingerprint density at radius 2 is 0.566 bits per heavy atom. The monoisotopic (exact) mass is 900 g/mol. The van der Waals surface area contributed by atoms with E-state index in [1.165, 1.54) is 0 Å². The Hall–Kier alpha value is -5.48. The molecule has 11 aromatic rings. The van der Waals surface area contributed by atoms with Crippen LogP contribution in [0, 0.1) is 0 Å². The summed E-state index contributed by atoms with van der Waals surface area (Å²) in [5.41, 5.74) is 8.93. The van der Waals surface area contributed by atoms with Crippen LogP contribution >= 0.6 is 31.9 Å². The first-order valence-corrected chi connectivity index (χ1v) is 18.0. The molecule has 4 aromatic carbocycles. The van der Waals surface area contributed by atoms with Gasteiger partial charge >= 0.3 is 19.5 Å². The third-order valence-electron chi connectivity index (χ3n) is 8.76. The van der Waals surface area contributed by atoms with Crippen molar-refractivity contribution in [3.05, 3.63) is 155 Å². The van der Waals surface area contributed by atoms with Gasteiger partial charge in [0.05, 0.1) is 44.1 Å². The minimum absolute atomic E-state index is 0. The summed E-state index contributed by atoms with van der Waals surface area (Å²) >= 11 is 7.16. The second kappa shape index (κ2) is 14.9. The van der Waals surface area contributed by atoms with E-state index in [2.05, 4.69) is 110 Å². The predicted molar refractivity (Wildman–Crippen MR) is 217 cm³/mol. The van der Waals surface area contributed by atoms with Gasteiger partial charge in [0.15, 0.2) is 0 Å². The summed E-state index contributed by atoms with van der Waals surface area (Å²) < 4.78 is 1.83. The second-order valence-corrected chi connectivity index (χ2v) is 13.6. The van der Waals surface area contributed by atoms with Crippen LogP contribution in [0.4, 0.5) is 0 Å². The van der Waals surface area contributed by atoms with Gasteiger partial charge in [0.2, 0.25) is 0 Å². The summed E-state index contributed by atoms with van der Waals surface area (Å²) in [6.45, 7) is 0. The number of rotatable bonds is 0. The molecule has 0 aliphatic carbocycles. The molecule has 0 atom stereocenters. The van der Waals surface area contributed by atoms with Crippen LogP contribution in [0.1, 0.15) is 0 Å². The molecule has 0 spiro atoms. The number of pyridine rings is 6. The maximum absolute atomic E-state index is 4.91. The molecule has 7 heterocycles. The Kier molecular flexibility index (Phi) is 9.71. The van der Waals surface area contributed by atoms with Gasteiger partial charge in [0.1, 0.15) is 11.0 Å². The van der Waals surface area contributed by atoms with Crippen LogP contribution in [0.15, 0.2) is 155 Å². The van der Waals surface area contributed by atoms with E-state index >= 15 is 0 Å². The van der Waals surface area contributed by atoms with Gasteiger partial charge in [-0.2, -0.15) is 0 Å². The Morgan fingerprint density at radius 1 is 0.283 bits per heavy atom. The number of hydrogen-bond acceptors (Lipinski definition) is 8. The summed E-state index contributed by atoms with van der Waals surface area (Å²) in [4.78, 5) is 36.3. The number of aromatic nitrogens is 8. The van der Waals surface area contributed by atoms with E-state index in [9.17, 15) is 0 Å². The van der Waals surface area contributed by atoms with E-state index in [-0.39, 0.29) is 19.5 Å². The summed E-state index contributed by atoms with van der Waals surface area (Å²) in [5.74, 6) is 0. The molecule has 0 saturated carbocycles. The first-order chi connectivity index (χ1) is 25.6. The summed E-state index contributed by atoms with van der Waals surface area (Å²) in [7, 11) is 0. The van der Waals surface area contributed by atoms with Crippen LogP contribution in [0.3, 0.4) is 0 Å². The van der Waals surface area contributed by atoms with Crippen LogP contribution in [0.5, 0.6) is 0 Å². The zero-order valence-electron chi connectivity index (χ0n) is 27.5. The molecule has 0 N–H and O–H groups in total. The van der Waals surface area contributed by atoms with Crippen molar-refractivity contribution in [1.82, 2.24) is 39.9 Å². The normalized spacial score (nSPS) is 11.1. The number of nitrogens with zero attached hydrogens (tertiary/aromatic N) is 8. The first-order valence-electron chi connectivity index (χ1n) is 16.4. The maximum Gasteiger partial charge on any atom is 2.00 e. The van der Waals surface area contributed by atoms with Gasteiger partial charge in [-0.25, -0.2) is 9.97 Å². The van der Waals surface area contributed by atoms with Gasteiger partial charge < -0.3 is 0 Å². The molecule has 0 fully saturated rings. The molecule has 0 bridgehead atoms. The van der Waals surface area contributed by atoms with Crippen LogP contribution in [-0.4, -0.2) is 39.9 Å². The van der Waals surface area contributed by atoms with E-state index in [0.717, 1.165) is 96.4 Å². The zero-order valence-corrected chi connectivity index (χ0v) is 32.5. The van der Waals surface area contributed by atoms with E-state index in [1.807, 2.05) is 60.7 Å². The van der Waals surface area contributed by atoms with Crippen molar-refractivity contribution in [2.45, 2.75) is 0 Å². The first kappa shape index (κ1) is 34.6. The van der Waals surface area contributed by atoms with Crippen molar-refractivity contribution in [2.24, 2.45) is 0 Å². The van der Waals surface area contributed by atoms with Gasteiger partial charge in [-0.1, -0.05) is 48.5 Å². The Labute approximate surface area is 331 Å². The Balaban J connectivity index is 0.000000119. The van der Waals surface area contributed by atoms with E-state index in [1.54, 1.807) is 37.2 Å². The van der Waals surface area contributed by atoms with Crippen molar-refractivity contribution in [3.63, 3.8) is 0 Å². The fourth-order valence-corrected chi connectivity index (χ4v) is 7.20. The minimum atomic E-state index is 0. The summed E-state index contributed by atoms with van der Waals surface area (Å²) in [6, 6.07) is 36.1. The average Bonchev–Trinajstić information content (AvgIpc) is 3.22. The molecule has 8 nitrogen and oxygen atoms in total. The quantitative estimate of drug-likeness (QED) is 0.0842. The number of benzene rings is 4. The molecular weight excluding hydrogens is 877 g/mol. The van der Waals surface area contributed by atoms with Crippen molar-refractivity contribution in [1.29, 1.82) is 0 Å². The zero-order chi connectivity index (χ0) is 35.0. The molecular formula is C42H24Br2N8Ru+2. The third kappa shape index (κ3) is 6.46. The minimum Gasteiger partial charge on any atom is -0.254 e. The van der Waals surface area contributed by atoms with Gasteiger partial charge in [-0.05, 0) is 92.5 Å². The maximum atomic E-state index is 4.91. The topological polar surface area (TPSA) is 103 Å². The van der Waals surface area contributed by atoms with Crippen LogP contribution in [0.25, 0.3) is 87.5 Å². The van der Waals surface area contributed by atoms with Crippen molar-refractivity contribution < 1.29 is 19.5 Å². The molecule has 0 unspecified atom stereocenters. The van der Waals surface area contributed by atoms with E-state index in [4.69, 9.17) is 9.97 Å². The third-order valence-corrected chi connectivity index (χ3v) is 10.0. The molecule has 11 heteroatoms. The molecule has 0 saturated heterocycles. The van der Waals surface area contributed by atoms with Gasteiger partial charge in [0, 0.05) is 78.4 Å². The van der Waals surface area contributed by atoms with E-state index in [0.29, 0.717) is 0 Å². The molecule has 7 aromatic heterocycles. The fraction of sp³-hybridized carbons (Fsp3) is 0. The fourth-order valence-electron chi connectivity index (χ4n) is 6.38. The molecule has 0 amide bonds. The van der Waals surface area contributed by atoms with Crippen molar-refractivity contribution in [3.8, 4) is 0 Å². The van der Waals surface area contributed by atoms with Gasteiger partial charge in [0.25, 0.3) is 0 Å². The van der Waals surface area contributed by atoms with Gasteiger partial charge in [-0.15, -0.1) is 0 Å². The SMILES string of the molecule is Brc1ccc(Br)c2nc3c4cccnc4c4ncccc4c3nc12.[Ru+2].c1cnc2c(c1)ccc1cccnc12.c1cnc2c(c1)ccc1cccnc12. The second-order valence-electron chi connectivity index (χ2n) is 11.9. The van der Waals surface area contributed by atoms with Crippen LogP contribution < -0.4 is 0 Å². The standard InChI is InChI=1S/C18H8Br2N4.2C12H8N2.Ru/c19-11-5-6-12(20)18-17(11)23-15-9-3-1-7-21-13(9)14-10(16(15)24-18)4-2-8-22-14;2*1-3-9-5-6-10-4-2-8-14-12(10)11(9)13-7-1;/h1-8H;2*1-8H;/q;;;+2. The molecule has 0 radical (unpaired) electrons. The summed E-state index contributed by atoms with van der Waals surface area (Å²) in [6.07, 6.45) is 10.8. The van der Waals surface area contributed by atoms with Crippen LogP contribution in [-0.2, 0) is 19.5 Å². The molecule has 0 aliphatic rings. The summed E-state index contributed by atoms with van der Waals surface area (Å²) in [5, 5.41) is 6.47.